The largest absolute Gasteiger partial charge is 0.391 e. The van der Waals surface area contributed by atoms with E-state index in [0.717, 1.165) is 5.69 Å². The number of amides is 1. The van der Waals surface area contributed by atoms with E-state index in [0.29, 0.717) is 24.4 Å². The van der Waals surface area contributed by atoms with Crippen LogP contribution in [0.2, 0.25) is 0 Å². The molecule has 0 saturated heterocycles. The summed E-state index contributed by atoms with van der Waals surface area (Å²) >= 11 is 0. The third kappa shape index (κ3) is 6.94. The molecule has 2 aromatic rings. The third-order valence-corrected chi connectivity index (χ3v) is 3.61. The minimum Gasteiger partial charge on any atom is -0.391 e. The Morgan fingerprint density at radius 1 is 1.32 bits per heavy atom. The topological polar surface area (TPSA) is 173 Å². The summed E-state index contributed by atoms with van der Waals surface area (Å²) in [5.41, 5.74) is 11.8. The van der Waals surface area contributed by atoms with Crippen LogP contribution < -0.4 is 27.7 Å². The lowest BCUT2D eigenvalue weighted by molar-refractivity contribution is -0.120. The molecule has 2 aromatic heterocycles. The summed E-state index contributed by atoms with van der Waals surface area (Å²) in [6.07, 6.45) is 2.37. The van der Waals surface area contributed by atoms with Gasteiger partial charge in [-0.05, 0) is 24.2 Å². The Morgan fingerprint density at radius 3 is 2.86 bits per heavy atom. The summed E-state index contributed by atoms with van der Waals surface area (Å²) in [5, 5.41) is 8.99. The van der Waals surface area contributed by atoms with Crippen LogP contribution >= 0.6 is 0 Å². The van der Waals surface area contributed by atoms with Gasteiger partial charge >= 0.3 is 0 Å². The number of anilines is 1. The van der Waals surface area contributed by atoms with Crippen molar-refractivity contribution in [1.29, 1.82) is 0 Å². The second-order valence-corrected chi connectivity index (χ2v) is 5.86. The third-order valence-electron chi connectivity index (χ3n) is 3.61. The number of rotatable bonds is 10. The van der Waals surface area contributed by atoms with Crippen molar-refractivity contribution < 1.29 is 9.63 Å². The van der Waals surface area contributed by atoms with Gasteiger partial charge in [0.2, 0.25) is 11.9 Å². The molecule has 0 aromatic carbocycles. The Labute approximate surface area is 161 Å². The summed E-state index contributed by atoms with van der Waals surface area (Å²) in [6.45, 7) is 2.54. The van der Waals surface area contributed by atoms with E-state index in [2.05, 4.69) is 30.7 Å². The Kier molecular flexibility index (Phi) is 7.76. The van der Waals surface area contributed by atoms with Gasteiger partial charge in [-0.15, -0.1) is 0 Å². The monoisotopic (exact) mass is 388 g/mol. The molecule has 0 fully saturated rings. The lowest BCUT2D eigenvalue weighted by Gasteiger charge is -2.10. The van der Waals surface area contributed by atoms with Crippen LogP contribution in [0.5, 0.6) is 0 Å². The van der Waals surface area contributed by atoms with Crippen LogP contribution in [-0.4, -0.2) is 46.5 Å². The Bertz CT molecular complexity index is 862. The van der Waals surface area contributed by atoms with Gasteiger partial charge in [0.15, 0.2) is 5.82 Å². The summed E-state index contributed by atoms with van der Waals surface area (Å²) in [6, 6.07) is 5.65. The van der Waals surface area contributed by atoms with Crippen LogP contribution in [0.1, 0.15) is 17.1 Å². The summed E-state index contributed by atoms with van der Waals surface area (Å²) in [7, 11) is 0. The van der Waals surface area contributed by atoms with Crippen LogP contribution in [0.15, 0.2) is 34.3 Å². The zero-order valence-electron chi connectivity index (χ0n) is 15.6. The number of aryl methyl sites for hydroxylation is 1. The first kappa shape index (κ1) is 20.7. The van der Waals surface area contributed by atoms with Crippen LogP contribution in [0.3, 0.4) is 0 Å². The molecule has 0 aliphatic carbocycles. The smallest absolute Gasteiger partial charge is 0.290 e. The molecule has 0 aliphatic rings. The van der Waals surface area contributed by atoms with Crippen molar-refractivity contribution in [1.82, 2.24) is 20.3 Å². The Hall–Kier alpha value is -3.63. The minimum absolute atomic E-state index is 0.0137. The van der Waals surface area contributed by atoms with Crippen molar-refractivity contribution in [3.8, 4) is 0 Å². The van der Waals surface area contributed by atoms with E-state index in [9.17, 15) is 9.59 Å². The number of aromatic amines is 1. The average molecular weight is 388 g/mol. The number of hydrogen-bond donors (Lipinski definition) is 5. The van der Waals surface area contributed by atoms with E-state index in [-0.39, 0.29) is 42.8 Å². The first-order valence-electron chi connectivity index (χ1n) is 8.67. The molecular formula is C17H24N8O3. The van der Waals surface area contributed by atoms with Gasteiger partial charge in [-0.25, -0.2) is 4.98 Å². The zero-order chi connectivity index (χ0) is 20.4. The molecule has 2 heterocycles. The number of carbonyl (C=O) groups is 1. The van der Waals surface area contributed by atoms with Gasteiger partial charge in [0, 0.05) is 30.6 Å². The number of guanidine groups is 1. The maximum Gasteiger partial charge on any atom is 0.290 e. The highest BCUT2D eigenvalue weighted by Gasteiger charge is 2.11. The zero-order valence-corrected chi connectivity index (χ0v) is 15.6. The fourth-order valence-electron chi connectivity index (χ4n) is 2.29. The number of nitrogens with two attached hydrogens (primary N) is 2. The number of pyridine rings is 1. The molecule has 0 spiro atoms. The standard InChI is InChI=1S/C17H24N8O3/c1-11-13(10-14(26)21-8-9-28-25-17(18)19)24-15(16(27)23-11)22-7-5-12-4-2-3-6-20-12/h2-4,6H,5,7-10H2,1H3,(H,21,26)(H,22,24)(H,23,27)(H4,18,19,25). The fraction of sp³-hybridized carbons (Fsp3) is 0.353. The average Bonchev–Trinajstić information content (AvgIpc) is 2.65. The molecule has 0 atom stereocenters. The van der Waals surface area contributed by atoms with Crippen molar-refractivity contribution in [2.75, 3.05) is 25.0 Å². The lowest BCUT2D eigenvalue weighted by atomic mass is 10.2. The highest BCUT2D eigenvalue weighted by atomic mass is 16.6. The van der Waals surface area contributed by atoms with Gasteiger partial charge in [-0.1, -0.05) is 6.07 Å². The van der Waals surface area contributed by atoms with E-state index < -0.39 is 0 Å². The molecule has 0 saturated carbocycles. The van der Waals surface area contributed by atoms with E-state index in [1.807, 2.05) is 18.2 Å². The van der Waals surface area contributed by atoms with E-state index in [4.69, 9.17) is 16.3 Å². The number of nitrogens with one attached hydrogen (secondary N) is 3. The highest BCUT2D eigenvalue weighted by Crippen LogP contribution is 2.04. The van der Waals surface area contributed by atoms with Crippen molar-refractivity contribution in [3.05, 3.63) is 51.8 Å². The number of oxime groups is 1. The Morgan fingerprint density at radius 2 is 2.14 bits per heavy atom. The maximum absolute atomic E-state index is 12.1. The van der Waals surface area contributed by atoms with Gasteiger partial charge in [0.25, 0.3) is 5.56 Å². The number of H-pyrrole nitrogens is 1. The van der Waals surface area contributed by atoms with Gasteiger partial charge < -0.3 is 31.9 Å². The first-order valence-corrected chi connectivity index (χ1v) is 8.67. The van der Waals surface area contributed by atoms with Crippen molar-refractivity contribution >= 4 is 17.7 Å². The lowest BCUT2D eigenvalue weighted by Crippen LogP contribution is -2.30. The number of carbonyl (C=O) groups excluding carboxylic acids is 1. The molecule has 11 nitrogen and oxygen atoms in total. The van der Waals surface area contributed by atoms with Crippen LogP contribution in [-0.2, 0) is 22.5 Å². The minimum atomic E-state index is -0.340. The quantitative estimate of drug-likeness (QED) is 0.149. The van der Waals surface area contributed by atoms with Crippen LogP contribution in [0, 0.1) is 6.92 Å². The molecule has 11 heteroatoms. The van der Waals surface area contributed by atoms with Gasteiger partial charge in [-0.3, -0.25) is 14.6 Å². The van der Waals surface area contributed by atoms with E-state index in [1.165, 1.54) is 0 Å². The van der Waals surface area contributed by atoms with Crippen molar-refractivity contribution in [2.24, 2.45) is 16.6 Å². The molecule has 150 valence electrons. The molecule has 2 rings (SSSR count). The first-order chi connectivity index (χ1) is 13.5. The molecular weight excluding hydrogens is 364 g/mol. The SMILES string of the molecule is Cc1[nH]c(=O)c(NCCc2ccccn2)nc1CC(=O)NCCON=C(N)N. The molecule has 1 amide bonds. The number of aromatic nitrogens is 3. The molecule has 28 heavy (non-hydrogen) atoms. The Balaban J connectivity index is 1.88. The van der Waals surface area contributed by atoms with Gasteiger partial charge in [0.05, 0.1) is 18.7 Å². The van der Waals surface area contributed by atoms with Crippen molar-refractivity contribution in [2.45, 2.75) is 19.8 Å². The van der Waals surface area contributed by atoms with Gasteiger partial charge in [0.1, 0.15) is 6.61 Å². The van der Waals surface area contributed by atoms with Crippen LogP contribution in [0.25, 0.3) is 0 Å². The normalized spacial score (nSPS) is 10.2. The molecule has 0 aliphatic heterocycles. The fourth-order valence-corrected chi connectivity index (χ4v) is 2.29. The van der Waals surface area contributed by atoms with Gasteiger partial charge in [-0.2, -0.15) is 0 Å². The number of nitrogens with zero attached hydrogens (tertiary/aromatic N) is 3. The van der Waals surface area contributed by atoms with Crippen LogP contribution in [0.4, 0.5) is 5.82 Å². The highest BCUT2D eigenvalue weighted by molar-refractivity contribution is 5.78. The summed E-state index contributed by atoms with van der Waals surface area (Å²) < 4.78 is 0. The predicted octanol–water partition coefficient (Wildman–Crippen LogP) is -1.01. The second kappa shape index (κ2) is 10.5. The summed E-state index contributed by atoms with van der Waals surface area (Å²) in [5.74, 6) is -0.293. The molecule has 0 bridgehead atoms. The molecule has 0 radical (unpaired) electrons. The molecule has 7 N–H and O–H groups in total. The molecule has 0 unspecified atom stereocenters. The van der Waals surface area contributed by atoms with Crippen molar-refractivity contribution in [3.63, 3.8) is 0 Å². The summed E-state index contributed by atoms with van der Waals surface area (Å²) in [4.78, 5) is 40.1. The number of hydrogen-bond acceptors (Lipinski definition) is 7. The van der Waals surface area contributed by atoms with E-state index in [1.54, 1.807) is 13.1 Å². The van der Waals surface area contributed by atoms with E-state index >= 15 is 0 Å². The second-order valence-electron chi connectivity index (χ2n) is 5.86. The predicted molar refractivity (Wildman–Crippen MR) is 105 cm³/mol. The maximum atomic E-state index is 12.1.